The van der Waals surface area contributed by atoms with Crippen molar-refractivity contribution in [3.8, 4) is 0 Å². The molecule has 17 heavy (non-hydrogen) atoms. The number of hydrogen-bond donors (Lipinski definition) is 0. The van der Waals surface area contributed by atoms with Crippen LogP contribution in [-0.4, -0.2) is 6.29 Å². The number of rotatable bonds is 4. The second-order valence-corrected chi connectivity index (χ2v) is 3.38. The van der Waals surface area contributed by atoms with E-state index in [2.05, 4.69) is 0 Å². The summed E-state index contributed by atoms with van der Waals surface area (Å²) in [6.07, 6.45) is -7.82. The molecule has 1 nitrogen and oxygen atoms in total. The van der Waals surface area contributed by atoms with Gasteiger partial charge >= 0.3 is 6.18 Å². The predicted molar refractivity (Wildman–Crippen MR) is 50.8 cm³/mol. The lowest BCUT2D eigenvalue weighted by molar-refractivity contribution is -0.138. The summed E-state index contributed by atoms with van der Waals surface area (Å²) in [5, 5.41) is 0. The molecule has 1 aromatic carbocycles. The standard InChI is InChI=1S/C11H9F5O/c12-10(13)8-3-1-5-9(11(14,15)16)7(8)4-2-6-17/h1,3,5-6,10H,2,4H2. The van der Waals surface area contributed by atoms with E-state index in [9.17, 15) is 26.7 Å². The van der Waals surface area contributed by atoms with Gasteiger partial charge in [-0.15, -0.1) is 0 Å². The molecule has 0 saturated heterocycles. The molecule has 0 bridgehead atoms. The topological polar surface area (TPSA) is 17.1 Å². The summed E-state index contributed by atoms with van der Waals surface area (Å²) in [6, 6.07) is 2.63. The molecule has 1 aromatic rings. The van der Waals surface area contributed by atoms with Gasteiger partial charge in [-0.1, -0.05) is 12.1 Å². The summed E-state index contributed by atoms with van der Waals surface area (Å²) in [5.41, 5.74) is -2.26. The van der Waals surface area contributed by atoms with Gasteiger partial charge in [0.05, 0.1) is 5.56 Å². The van der Waals surface area contributed by atoms with Crippen LogP contribution in [0.5, 0.6) is 0 Å². The smallest absolute Gasteiger partial charge is 0.303 e. The summed E-state index contributed by atoms with van der Waals surface area (Å²) in [5.74, 6) is 0. The first kappa shape index (κ1) is 13.6. The van der Waals surface area contributed by atoms with Crippen LogP contribution in [0.15, 0.2) is 18.2 Å². The molecule has 0 spiro atoms. The first-order chi connectivity index (χ1) is 7.88. The zero-order chi connectivity index (χ0) is 13.1. The fourth-order valence-electron chi connectivity index (χ4n) is 1.56. The molecule has 0 aromatic heterocycles. The molecule has 0 saturated carbocycles. The molecule has 0 aliphatic heterocycles. The summed E-state index contributed by atoms with van der Waals surface area (Å²) < 4.78 is 62.9. The maximum atomic E-state index is 12.6. The second kappa shape index (κ2) is 5.25. The minimum Gasteiger partial charge on any atom is -0.303 e. The number of hydrogen-bond acceptors (Lipinski definition) is 1. The van der Waals surface area contributed by atoms with Crippen LogP contribution in [-0.2, 0) is 17.4 Å². The molecule has 0 unspecified atom stereocenters. The molecular weight excluding hydrogens is 243 g/mol. The van der Waals surface area contributed by atoms with Gasteiger partial charge in [0.2, 0.25) is 0 Å². The highest BCUT2D eigenvalue weighted by Gasteiger charge is 2.34. The Bertz CT molecular complexity index is 397. The Hall–Kier alpha value is -1.46. The molecule has 0 atom stereocenters. The summed E-state index contributed by atoms with van der Waals surface area (Å²) in [7, 11) is 0. The molecule has 0 aliphatic rings. The van der Waals surface area contributed by atoms with Crippen LogP contribution in [0, 0.1) is 0 Å². The van der Waals surface area contributed by atoms with Crippen molar-refractivity contribution in [1.82, 2.24) is 0 Å². The maximum absolute atomic E-state index is 12.6. The third kappa shape index (κ3) is 3.25. The number of benzene rings is 1. The number of carbonyl (C=O) groups is 1. The molecule has 94 valence electrons. The van der Waals surface area contributed by atoms with Crippen molar-refractivity contribution in [2.24, 2.45) is 0 Å². The van der Waals surface area contributed by atoms with Gasteiger partial charge in [-0.05, 0) is 18.1 Å². The third-order valence-electron chi connectivity index (χ3n) is 2.26. The predicted octanol–water partition coefficient (Wildman–Crippen LogP) is 3.77. The molecule has 0 N–H and O–H groups in total. The zero-order valence-corrected chi connectivity index (χ0v) is 8.60. The van der Waals surface area contributed by atoms with Crippen molar-refractivity contribution in [1.29, 1.82) is 0 Å². The van der Waals surface area contributed by atoms with Crippen LogP contribution in [0.3, 0.4) is 0 Å². The highest BCUT2D eigenvalue weighted by atomic mass is 19.4. The summed E-state index contributed by atoms with van der Waals surface area (Å²) in [6.45, 7) is 0. The molecule has 6 heteroatoms. The van der Waals surface area contributed by atoms with Gasteiger partial charge in [0.1, 0.15) is 6.29 Å². The normalized spacial score (nSPS) is 11.9. The van der Waals surface area contributed by atoms with Crippen molar-refractivity contribution in [2.45, 2.75) is 25.4 Å². The Morgan fingerprint density at radius 1 is 1.24 bits per heavy atom. The molecule has 0 radical (unpaired) electrons. The Labute approximate surface area is 94.2 Å². The van der Waals surface area contributed by atoms with E-state index < -0.39 is 29.3 Å². The van der Waals surface area contributed by atoms with Gasteiger partial charge in [0.15, 0.2) is 0 Å². The minimum atomic E-state index is -4.69. The van der Waals surface area contributed by atoms with Crippen LogP contribution in [0.4, 0.5) is 22.0 Å². The largest absolute Gasteiger partial charge is 0.416 e. The van der Waals surface area contributed by atoms with Crippen molar-refractivity contribution in [2.75, 3.05) is 0 Å². The molecule has 0 aliphatic carbocycles. The average Bonchev–Trinajstić information content (AvgIpc) is 2.24. The molecule has 0 fully saturated rings. The fraction of sp³-hybridized carbons (Fsp3) is 0.364. The fourth-order valence-corrected chi connectivity index (χ4v) is 1.56. The van der Waals surface area contributed by atoms with E-state index in [1.165, 1.54) is 0 Å². The number of alkyl halides is 5. The van der Waals surface area contributed by atoms with Gasteiger partial charge < -0.3 is 4.79 Å². The van der Waals surface area contributed by atoms with E-state index in [-0.39, 0.29) is 12.8 Å². The number of aldehydes is 1. The number of halogens is 5. The van der Waals surface area contributed by atoms with Crippen molar-refractivity contribution < 1.29 is 26.7 Å². The monoisotopic (exact) mass is 252 g/mol. The van der Waals surface area contributed by atoms with E-state index in [0.29, 0.717) is 6.29 Å². The van der Waals surface area contributed by atoms with E-state index in [4.69, 9.17) is 0 Å². The zero-order valence-electron chi connectivity index (χ0n) is 8.60. The molecule has 1 rings (SSSR count). The van der Waals surface area contributed by atoms with Crippen LogP contribution < -0.4 is 0 Å². The van der Waals surface area contributed by atoms with E-state index >= 15 is 0 Å². The van der Waals surface area contributed by atoms with E-state index in [0.717, 1.165) is 18.2 Å². The Kier molecular flexibility index (Phi) is 4.20. The lowest BCUT2D eigenvalue weighted by Crippen LogP contribution is -2.12. The average molecular weight is 252 g/mol. The number of carbonyl (C=O) groups excluding carboxylic acids is 1. The van der Waals surface area contributed by atoms with Crippen molar-refractivity contribution >= 4 is 6.29 Å². The summed E-state index contributed by atoms with van der Waals surface area (Å²) >= 11 is 0. The lowest BCUT2D eigenvalue weighted by atomic mass is 9.97. The lowest BCUT2D eigenvalue weighted by Gasteiger charge is -2.15. The van der Waals surface area contributed by atoms with Gasteiger partial charge in [-0.3, -0.25) is 0 Å². The van der Waals surface area contributed by atoms with Crippen LogP contribution >= 0.6 is 0 Å². The van der Waals surface area contributed by atoms with Gasteiger partial charge in [-0.2, -0.15) is 13.2 Å². The Balaban J connectivity index is 3.29. The van der Waals surface area contributed by atoms with Crippen molar-refractivity contribution in [3.63, 3.8) is 0 Å². The first-order valence-corrected chi connectivity index (χ1v) is 4.78. The van der Waals surface area contributed by atoms with Crippen molar-refractivity contribution in [3.05, 3.63) is 34.9 Å². The van der Waals surface area contributed by atoms with E-state index in [1.807, 2.05) is 0 Å². The summed E-state index contributed by atoms with van der Waals surface area (Å²) in [4.78, 5) is 10.2. The van der Waals surface area contributed by atoms with Crippen LogP contribution in [0.2, 0.25) is 0 Å². The second-order valence-electron chi connectivity index (χ2n) is 3.38. The SMILES string of the molecule is O=CCCc1c(C(F)F)cccc1C(F)(F)F. The van der Waals surface area contributed by atoms with Gasteiger partial charge in [0, 0.05) is 12.0 Å². The third-order valence-corrected chi connectivity index (χ3v) is 2.26. The Morgan fingerprint density at radius 2 is 1.88 bits per heavy atom. The Morgan fingerprint density at radius 3 is 2.35 bits per heavy atom. The maximum Gasteiger partial charge on any atom is 0.416 e. The van der Waals surface area contributed by atoms with Crippen LogP contribution in [0.25, 0.3) is 0 Å². The quantitative estimate of drug-likeness (QED) is 0.588. The minimum absolute atomic E-state index is 0.215. The highest BCUT2D eigenvalue weighted by molar-refractivity contribution is 5.51. The van der Waals surface area contributed by atoms with Gasteiger partial charge in [-0.25, -0.2) is 8.78 Å². The highest BCUT2D eigenvalue weighted by Crippen LogP contribution is 2.36. The first-order valence-electron chi connectivity index (χ1n) is 4.78. The van der Waals surface area contributed by atoms with Crippen LogP contribution in [0.1, 0.15) is 29.5 Å². The molecule has 0 heterocycles. The molecule has 0 amide bonds. The molecular formula is C11H9F5O. The van der Waals surface area contributed by atoms with E-state index in [1.54, 1.807) is 0 Å². The van der Waals surface area contributed by atoms with Gasteiger partial charge in [0.25, 0.3) is 6.43 Å².